The van der Waals surface area contributed by atoms with Gasteiger partial charge in [-0.3, -0.25) is 4.79 Å². The Hall–Kier alpha value is -2.31. The van der Waals surface area contributed by atoms with Crippen LogP contribution in [0.2, 0.25) is 0 Å². The van der Waals surface area contributed by atoms with Crippen LogP contribution < -0.4 is 5.73 Å². The van der Waals surface area contributed by atoms with Gasteiger partial charge in [0.2, 0.25) is 0 Å². The highest BCUT2D eigenvalue weighted by Crippen LogP contribution is 2.23. The van der Waals surface area contributed by atoms with Crippen LogP contribution in [0.4, 0.5) is 13.2 Å². The van der Waals surface area contributed by atoms with Gasteiger partial charge in [-0.05, 0) is 19.1 Å². The fourth-order valence-electron chi connectivity index (χ4n) is 1.33. The van der Waals surface area contributed by atoms with Crippen LogP contribution in [0.3, 0.4) is 0 Å². The van der Waals surface area contributed by atoms with Crippen LogP contribution >= 0.6 is 0 Å². The van der Waals surface area contributed by atoms with E-state index in [2.05, 4.69) is 11.7 Å². The monoisotopic (exact) mass is 273 g/mol. The maximum atomic E-state index is 13.3. The van der Waals surface area contributed by atoms with Crippen molar-refractivity contribution in [3.63, 3.8) is 0 Å². The first kappa shape index (κ1) is 14.7. The molecule has 0 aliphatic heterocycles. The average Bonchev–Trinajstić information content (AvgIpc) is 2.74. The Bertz CT molecular complexity index is 564. The van der Waals surface area contributed by atoms with Crippen molar-refractivity contribution in [1.82, 2.24) is 9.78 Å². The number of primary amides is 1. The molecule has 104 valence electrons. The molecule has 0 atom stereocenters. The molecule has 0 aliphatic carbocycles. The second kappa shape index (κ2) is 6.03. The van der Waals surface area contributed by atoms with E-state index < -0.39 is 23.9 Å². The van der Waals surface area contributed by atoms with Crippen LogP contribution in [-0.4, -0.2) is 15.7 Å². The first-order chi connectivity index (χ1) is 8.88. The molecular weight excluding hydrogens is 259 g/mol. The van der Waals surface area contributed by atoms with Crippen molar-refractivity contribution in [1.29, 1.82) is 0 Å². The van der Waals surface area contributed by atoms with E-state index in [-0.39, 0.29) is 12.8 Å². The van der Waals surface area contributed by atoms with Gasteiger partial charge in [-0.15, -0.1) is 0 Å². The molecule has 0 saturated carbocycles. The van der Waals surface area contributed by atoms with E-state index >= 15 is 0 Å². The summed E-state index contributed by atoms with van der Waals surface area (Å²) in [5, 5.41) is 3.47. The van der Waals surface area contributed by atoms with Gasteiger partial charge in [0.25, 0.3) is 12.3 Å². The third-order valence-corrected chi connectivity index (χ3v) is 2.16. The zero-order valence-electron chi connectivity index (χ0n) is 10.1. The number of rotatable bonds is 5. The van der Waals surface area contributed by atoms with Crippen LogP contribution in [0.15, 0.2) is 36.7 Å². The topological polar surface area (TPSA) is 60.9 Å². The second-order valence-electron chi connectivity index (χ2n) is 3.51. The molecular formula is C12H14F3N3O. The summed E-state index contributed by atoms with van der Waals surface area (Å²) in [5.41, 5.74) is 3.81. The lowest BCUT2D eigenvalue weighted by Gasteiger charge is -2.06. The minimum Gasteiger partial charge on any atom is -0.364 e. The number of nitrogens with two attached hydrogens (primary N) is 1. The molecule has 0 spiro atoms. The minimum absolute atomic E-state index is 0. The molecule has 19 heavy (non-hydrogen) atoms. The summed E-state index contributed by atoms with van der Waals surface area (Å²) >= 11 is 0. The van der Waals surface area contributed by atoms with Gasteiger partial charge in [-0.25, -0.2) is 17.9 Å². The van der Waals surface area contributed by atoms with Gasteiger partial charge in [0.1, 0.15) is 22.9 Å². The van der Waals surface area contributed by atoms with Crippen molar-refractivity contribution in [3.05, 3.63) is 48.1 Å². The SMILES string of the molecule is C=C(F)/C(=C\C=C/C)n1nc(C(F)F)cc1C(N)=O.[HH]. The van der Waals surface area contributed by atoms with E-state index in [4.69, 9.17) is 5.73 Å². The maximum absolute atomic E-state index is 13.3. The molecule has 0 aromatic carbocycles. The number of carbonyl (C=O) groups excluding carboxylic acids is 1. The summed E-state index contributed by atoms with van der Waals surface area (Å²) in [6.07, 6.45) is 1.39. The molecule has 0 saturated heterocycles. The third kappa shape index (κ3) is 3.34. The number of hydrogen-bond donors (Lipinski definition) is 1. The lowest BCUT2D eigenvalue weighted by Crippen LogP contribution is -2.17. The van der Waals surface area contributed by atoms with Crippen molar-refractivity contribution in [3.8, 4) is 0 Å². The van der Waals surface area contributed by atoms with Crippen molar-refractivity contribution >= 4 is 11.6 Å². The first-order valence-electron chi connectivity index (χ1n) is 5.24. The van der Waals surface area contributed by atoms with E-state index in [1.807, 2.05) is 0 Å². The molecule has 4 nitrogen and oxygen atoms in total. The lowest BCUT2D eigenvalue weighted by atomic mass is 10.3. The average molecular weight is 273 g/mol. The summed E-state index contributed by atoms with van der Waals surface area (Å²) in [6.45, 7) is 4.75. The van der Waals surface area contributed by atoms with E-state index in [0.29, 0.717) is 4.68 Å². The number of hydrogen-bond acceptors (Lipinski definition) is 2. The highest BCUT2D eigenvalue weighted by atomic mass is 19.3. The number of nitrogens with zero attached hydrogens (tertiary/aromatic N) is 2. The van der Waals surface area contributed by atoms with Crippen molar-refractivity contribution in [2.24, 2.45) is 5.73 Å². The molecule has 1 aromatic rings. The molecule has 0 radical (unpaired) electrons. The fourth-order valence-corrected chi connectivity index (χ4v) is 1.33. The lowest BCUT2D eigenvalue weighted by molar-refractivity contribution is 0.0993. The molecule has 1 rings (SSSR count). The number of allylic oxidation sites excluding steroid dienone is 5. The normalized spacial score (nSPS) is 12.4. The fraction of sp³-hybridized carbons (Fsp3) is 0.167. The summed E-state index contributed by atoms with van der Waals surface area (Å²) < 4.78 is 39.2. The van der Waals surface area contributed by atoms with E-state index in [0.717, 1.165) is 6.07 Å². The Morgan fingerprint density at radius 2 is 2.26 bits per heavy atom. The van der Waals surface area contributed by atoms with Gasteiger partial charge in [0.05, 0.1) is 0 Å². The minimum atomic E-state index is -2.89. The van der Waals surface area contributed by atoms with Crippen LogP contribution in [-0.2, 0) is 0 Å². The van der Waals surface area contributed by atoms with Gasteiger partial charge < -0.3 is 5.73 Å². The molecule has 1 heterocycles. The molecule has 0 bridgehead atoms. The molecule has 2 N–H and O–H groups in total. The highest BCUT2D eigenvalue weighted by Gasteiger charge is 2.21. The zero-order chi connectivity index (χ0) is 14.6. The van der Waals surface area contributed by atoms with Crippen molar-refractivity contribution in [2.45, 2.75) is 13.3 Å². The van der Waals surface area contributed by atoms with Crippen LogP contribution in [0.25, 0.3) is 5.70 Å². The maximum Gasteiger partial charge on any atom is 0.282 e. The van der Waals surface area contributed by atoms with Gasteiger partial charge in [0.15, 0.2) is 0 Å². The van der Waals surface area contributed by atoms with Gasteiger partial charge in [-0.2, -0.15) is 5.10 Å². The summed E-state index contributed by atoms with van der Waals surface area (Å²) in [6, 6.07) is 0.819. The molecule has 0 aliphatic rings. The smallest absolute Gasteiger partial charge is 0.282 e. The molecule has 0 unspecified atom stereocenters. The Morgan fingerprint density at radius 3 is 2.68 bits per heavy atom. The second-order valence-corrected chi connectivity index (χ2v) is 3.51. The highest BCUT2D eigenvalue weighted by molar-refractivity contribution is 5.92. The predicted molar refractivity (Wildman–Crippen MR) is 67.2 cm³/mol. The van der Waals surface area contributed by atoms with Crippen molar-refractivity contribution < 1.29 is 19.4 Å². The molecule has 1 amide bonds. The summed E-state index contributed by atoms with van der Waals surface area (Å²) in [5.74, 6) is -1.92. The molecule has 7 heteroatoms. The summed E-state index contributed by atoms with van der Waals surface area (Å²) in [7, 11) is 0. The summed E-state index contributed by atoms with van der Waals surface area (Å²) in [4.78, 5) is 11.2. The number of amides is 1. The van der Waals surface area contributed by atoms with Gasteiger partial charge in [-0.1, -0.05) is 18.7 Å². The van der Waals surface area contributed by atoms with Gasteiger partial charge in [0, 0.05) is 1.43 Å². The Balaban J connectivity index is 0.00000361. The van der Waals surface area contributed by atoms with E-state index in [9.17, 15) is 18.0 Å². The first-order valence-corrected chi connectivity index (χ1v) is 5.24. The predicted octanol–water partition coefficient (Wildman–Crippen LogP) is 3.07. The number of alkyl halides is 2. The zero-order valence-corrected chi connectivity index (χ0v) is 10.1. The van der Waals surface area contributed by atoms with Crippen molar-refractivity contribution in [2.75, 3.05) is 0 Å². The van der Waals surface area contributed by atoms with Crippen LogP contribution in [0.1, 0.15) is 31.0 Å². The third-order valence-electron chi connectivity index (χ3n) is 2.16. The van der Waals surface area contributed by atoms with E-state index in [1.54, 1.807) is 13.0 Å². The molecule has 1 aromatic heterocycles. The number of carbonyl (C=O) groups is 1. The van der Waals surface area contributed by atoms with Crippen LogP contribution in [0.5, 0.6) is 0 Å². The largest absolute Gasteiger partial charge is 0.364 e. The van der Waals surface area contributed by atoms with E-state index in [1.165, 1.54) is 12.2 Å². The molecule has 0 fully saturated rings. The Morgan fingerprint density at radius 1 is 1.63 bits per heavy atom. The Labute approximate surface area is 109 Å². The van der Waals surface area contributed by atoms with Crippen LogP contribution in [0, 0.1) is 0 Å². The number of aromatic nitrogens is 2. The Kier molecular flexibility index (Phi) is 4.68. The van der Waals surface area contributed by atoms with Gasteiger partial charge >= 0.3 is 0 Å². The quantitative estimate of drug-likeness (QED) is 0.838. The standard InChI is InChI=1S/C12H12F3N3O.H2/c1-3-4-5-9(7(2)13)18-10(12(16)19)6-8(17-18)11(14)15;/h3-6,11H,2H2,1H3,(H2,16,19);1H/b4-3-,9-5+;. The number of halogens is 3.